The van der Waals surface area contributed by atoms with Crippen LogP contribution in [0.3, 0.4) is 0 Å². The first-order chi connectivity index (χ1) is 15.5. The zero-order valence-electron chi connectivity index (χ0n) is 17.0. The third-order valence-corrected chi connectivity index (χ3v) is 7.12. The van der Waals surface area contributed by atoms with Gasteiger partial charge in [-0.15, -0.1) is 0 Å². The molecule has 0 aromatic heterocycles. The molecule has 0 saturated heterocycles. The highest BCUT2D eigenvalue weighted by molar-refractivity contribution is 7.97. The summed E-state index contributed by atoms with van der Waals surface area (Å²) in [6.07, 6.45) is 1.29. The van der Waals surface area contributed by atoms with Crippen molar-refractivity contribution in [2.75, 3.05) is 11.1 Å². The number of benzene rings is 3. The van der Waals surface area contributed by atoms with Crippen molar-refractivity contribution in [1.82, 2.24) is 5.32 Å². The van der Waals surface area contributed by atoms with Gasteiger partial charge in [0, 0.05) is 18.3 Å². The lowest BCUT2D eigenvalue weighted by Crippen LogP contribution is -2.39. The van der Waals surface area contributed by atoms with Crippen molar-refractivity contribution in [1.29, 1.82) is 0 Å². The van der Waals surface area contributed by atoms with E-state index in [0.29, 0.717) is 29.3 Å². The van der Waals surface area contributed by atoms with E-state index in [1.54, 1.807) is 30.3 Å². The van der Waals surface area contributed by atoms with Crippen molar-refractivity contribution in [2.24, 2.45) is 0 Å². The van der Waals surface area contributed by atoms with Crippen molar-refractivity contribution in [3.8, 4) is 11.5 Å². The van der Waals surface area contributed by atoms with Gasteiger partial charge in [-0.05, 0) is 35.4 Å². The molecule has 2 aliphatic rings. The second-order valence-electron chi connectivity index (χ2n) is 7.42. The normalized spacial score (nSPS) is 17.3. The number of hydrogen-bond donors (Lipinski definition) is 1. The molecule has 0 spiro atoms. The van der Waals surface area contributed by atoms with E-state index in [2.05, 4.69) is 5.32 Å². The van der Waals surface area contributed by atoms with E-state index < -0.39 is 15.8 Å². The summed E-state index contributed by atoms with van der Waals surface area (Å²) in [5, 5.41) is 2.98. The van der Waals surface area contributed by atoms with Gasteiger partial charge in [0.2, 0.25) is 12.6 Å². The van der Waals surface area contributed by atoms with Gasteiger partial charge in [0.15, 0.2) is 16.4 Å². The fourth-order valence-electron chi connectivity index (χ4n) is 3.75. The number of anilines is 1. The summed E-state index contributed by atoms with van der Waals surface area (Å²) in [5.41, 5.74) is 2.44. The minimum Gasteiger partial charge on any atom is -0.454 e. The highest BCUT2D eigenvalue weighted by Crippen LogP contribution is 2.36. The molecular formula is C24H20N2O5S. The Hall–Kier alpha value is -3.78. The van der Waals surface area contributed by atoms with Gasteiger partial charge < -0.3 is 14.8 Å². The number of hydrogen-bond acceptors (Lipinski definition) is 6. The van der Waals surface area contributed by atoms with Gasteiger partial charge in [0.1, 0.15) is 0 Å². The van der Waals surface area contributed by atoms with Gasteiger partial charge in [-0.3, -0.25) is 9.10 Å². The molecule has 0 atom stereocenters. The first kappa shape index (κ1) is 20.1. The Bertz CT molecular complexity index is 1320. The van der Waals surface area contributed by atoms with Crippen LogP contribution >= 0.6 is 0 Å². The summed E-state index contributed by atoms with van der Waals surface area (Å²) in [5.74, 6) is 0.787. The van der Waals surface area contributed by atoms with E-state index in [1.807, 2.05) is 42.5 Å². The maximum atomic E-state index is 13.4. The lowest BCUT2D eigenvalue weighted by atomic mass is 10.1. The summed E-state index contributed by atoms with van der Waals surface area (Å²) in [6, 6.07) is 21.5. The number of ketones is 1. The number of nitrogens with one attached hydrogen (secondary N) is 1. The maximum Gasteiger partial charge on any atom is 0.270 e. The number of nitrogens with zero attached hydrogens (tertiary/aromatic N) is 1. The quantitative estimate of drug-likeness (QED) is 0.601. The van der Waals surface area contributed by atoms with E-state index in [9.17, 15) is 13.2 Å². The lowest BCUT2D eigenvalue weighted by molar-refractivity contribution is 0.104. The van der Waals surface area contributed by atoms with E-state index in [-0.39, 0.29) is 18.2 Å². The van der Waals surface area contributed by atoms with Crippen LogP contribution in [0, 0.1) is 0 Å². The minimum absolute atomic E-state index is 0.132. The number of sulfonamides is 1. The van der Waals surface area contributed by atoms with Crippen LogP contribution in [0.5, 0.6) is 11.5 Å². The van der Waals surface area contributed by atoms with Gasteiger partial charge in [-0.2, -0.15) is 0 Å². The molecule has 1 N–H and O–H groups in total. The Labute approximate surface area is 185 Å². The molecule has 32 heavy (non-hydrogen) atoms. The molecule has 162 valence electrons. The number of Topliss-reactive ketones (excluding diaryl/α,β-unsaturated/α-hetero) is 1. The molecule has 0 saturated carbocycles. The summed E-state index contributed by atoms with van der Waals surface area (Å²) in [6.45, 7) is 0.635. The van der Waals surface area contributed by atoms with Gasteiger partial charge in [0.25, 0.3) is 10.0 Å². The SMILES string of the molecule is O=C1C(=CNCc2ccc3c(c2)OCO3)S(=O)(=O)N(Cc2ccccc2)c2ccccc21. The van der Waals surface area contributed by atoms with Crippen molar-refractivity contribution in [2.45, 2.75) is 13.1 Å². The van der Waals surface area contributed by atoms with E-state index in [1.165, 1.54) is 10.5 Å². The predicted octanol–water partition coefficient (Wildman–Crippen LogP) is 3.58. The molecule has 0 radical (unpaired) electrons. The topological polar surface area (TPSA) is 84.9 Å². The number of rotatable bonds is 5. The van der Waals surface area contributed by atoms with Gasteiger partial charge >= 0.3 is 0 Å². The Morgan fingerprint density at radius 1 is 0.906 bits per heavy atom. The molecule has 0 aliphatic carbocycles. The number of carbonyl (C=O) groups excluding carboxylic acids is 1. The summed E-state index contributed by atoms with van der Waals surface area (Å²) in [4.78, 5) is 12.8. The Kier molecular flexibility index (Phi) is 5.07. The molecule has 8 heteroatoms. The monoisotopic (exact) mass is 448 g/mol. The molecule has 7 nitrogen and oxygen atoms in total. The highest BCUT2D eigenvalue weighted by Gasteiger charge is 2.39. The smallest absolute Gasteiger partial charge is 0.270 e. The standard InChI is InChI=1S/C24H20N2O5S/c27-24-19-8-4-5-9-20(19)26(15-17-6-2-1-3-7-17)32(28,29)23(24)14-25-13-18-10-11-21-22(12-18)31-16-30-21/h1-12,14,25H,13,15-16H2. The summed E-state index contributed by atoms with van der Waals surface area (Å²) >= 11 is 0. The summed E-state index contributed by atoms with van der Waals surface area (Å²) < 4.78 is 38.9. The Balaban J connectivity index is 1.46. The predicted molar refractivity (Wildman–Crippen MR) is 120 cm³/mol. The largest absolute Gasteiger partial charge is 0.454 e. The first-order valence-electron chi connectivity index (χ1n) is 10.1. The molecule has 0 fully saturated rings. The highest BCUT2D eigenvalue weighted by atomic mass is 32.2. The first-order valence-corrected chi connectivity index (χ1v) is 11.5. The molecule has 5 rings (SSSR count). The maximum absolute atomic E-state index is 13.4. The number of para-hydroxylation sites is 1. The number of allylic oxidation sites excluding steroid dienone is 1. The Morgan fingerprint density at radius 2 is 1.66 bits per heavy atom. The third kappa shape index (κ3) is 3.58. The third-order valence-electron chi connectivity index (χ3n) is 5.35. The number of carbonyl (C=O) groups is 1. The molecule has 2 aliphatic heterocycles. The van der Waals surface area contributed by atoms with Crippen LogP contribution in [0.15, 0.2) is 83.9 Å². The molecule has 2 heterocycles. The molecule has 3 aromatic rings. The van der Waals surface area contributed by atoms with Crippen LogP contribution in [0.4, 0.5) is 5.69 Å². The van der Waals surface area contributed by atoms with Crippen LogP contribution < -0.4 is 19.1 Å². The molecule has 0 bridgehead atoms. The summed E-state index contributed by atoms with van der Waals surface area (Å²) in [7, 11) is -4.05. The van der Waals surface area contributed by atoms with E-state index >= 15 is 0 Å². The van der Waals surface area contributed by atoms with Gasteiger partial charge in [-0.25, -0.2) is 8.42 Å². The van der Waals surface area contributed by atoms with Crippen LogP contribution in [0.1, 0.15) is 21.5 Å². The molecule has 3 aromatic carbocycles. The zero-order chi connectivity index (χ0) is 22.1. The van der Waals surface area contributed by atoms with Crippen LogP contribution in [-0.2, 0) is 23.1 Å². The van der Waals surface area contributed by atoms with Gasteiger partial charge in [-0.1, -0.05) is 48.5 Å². The second-order valence-corrected chi connectivity index (χ2v) is 9.25. The average molecular weight is 449 g/mol. The molecule has 0 amide bonds. The van der Waals surface area contributed by atoms with Crippen LogP contribution in [0.25, 0.3) is 0 Å². The number of fused-ring (bicyclic) bond motifs is 2. The van der Waals surface area contributed by atoms with Gasteiger partial charge in [0.05, 0.1) is 12.2 Å². The fourth-order valence-corrected chi connectivity index (χ4v) is 5.30. The Morgan fingerprint density at radius 3 is 2.50 bits per heavy atom. The van der Waals surface area contributed by atoms with Crippen molar-refractivity contribution in [3.63, 3.8) is 0 Å². The zero-order valence-corrected chi connectivity index (χ0v) is 17.8. The lowest BCUT2D eigenvalue weighted by Gasteiger charge is -2.31. The van der Waals surface area contributed by atoms with Crippen molar-refractivity contribution < 1.29 is 22.7 Å². The van der Waals surface area contributed by atoms with Crippen molar-refractivity contribution in [3.05, 3.63) is 101 Å². The average Bonchev–Trinajstić information content (AvgIpc) is 3.28. The van der Waals surface area contributed by atoms with Crippen LogP contribution in [-0.4, -0.2) is 21.0 Å². The fraction of sp³-hybridized carbons (Fsp3) is 0.125. The van der Waals surface area contributed by atoms with Crippen LogP contribution in [0.2, 0.25) is 0 Å². The second kappa shape index (κ2) is 8.05. The minimum atomic E-state index is -4.05. The molecular weight excluding hydrogens is 428 g/mol. The van der Waals surface area contributed by atoms with Crippen molar-refractivity contribution >= 4 is 21.5 Å². The van der Waals surface area contributed by atoms with E-state index in [4.69, 9.17) is 9.47 Å². The van der Waals surface area contributed by atoms with E-state index in [0.717, 1.165) is 11.1 Å². The molecule has 0 unspecified atom stereocenters. The number of ether oxygens (including phenoxy) is 2.